The molecule has 4 rings (SSSR count). The van der Waals surface area contributed by atoms with Gasteiger partial charge in [0.25, 0.3) is 0 Å². The van der Waals surface area contributed by atoms with Crippen LogP contribution in [0, 0.1) is 0 Å². The number of hydrogen-bond acceptors (Lipinski definition) is 4. The summed E-state index contributed by atoms with van der Waals surface area (Å²) in [4.78, 5) is 6.81. The van der Waals surface area contributed by atoms with E-state index in [4.69, 9.17) is 10.5 Å². The molecule has 0 amide bonds. The van der Waals surface area contributed by atoms with E-state index >= 15 is 0 Å². The van der Waals surface area contributed by atoms with E-state index in [-0.39, 0.29) is 0 Å². The zero-order valence-corrected chi connectivity index (χ0v) is 15.3. The maximum absolute atomic E-state index is 6.10. The summed E-state index contributed by atoms with van der Waals surface area (Å²) in [5, 5.41) is 0. The summed E-state index contributed by atoms with van der Waals surface area (Å²) in [5.41, 5.74) is 10.9. The summed E-state index contributed by atoms with van der Waals surface area (Å²) in [7, 11) is 0. The Morgan fingerprint density at radius 2 is 1.93 bits per heavy atom. The Hall–Kier alpha value is -3.11. The Bertz CT molecular complexity index is 936. The molecule has 0 saturated heterocycles. The molecule has 0 radical (unpaired) electrons. The van der Waals surface area contributed by atoms with Gasteiger partial charge in [-0.25, -0.2) is 4.98 Å². The minimum Gasteiger partial charge on any atom is -0.439 e. The Labute approximate surface area is 159 Å². The summed E-state index contributed by atoms with van der Waals surface area (Å²) in [5.74, 6) is 1.44. The normalized spacial score (nSPS) is 13.8. The number of benzene rings is 2. The topological polar surface area (TPSA) is 51.4 Å². The molecular weight excluding hydrogens is 334 g/mol. The van der Waals surface area contributed by atoms with Gasteiger partial charge in [-0.3, -0.25) is 4.90 Å². The van der Waals surface area contributed by atoms with Crippen molar-refractivity contribution in [1.29, 1.82) is 0 Å². The van der Waals surface area contributed by atoms with Gasteiger partial charge in [-0.2, -0.15) is 0 Å². The highest BCUT2D eigenvalue weighted by Gasteiger charge is 2.20. The zero-order chi connectivity index (χ0) is 18.6. The second-order valence-corrected chi connectivity index (χ2v) is 6.85. The number of fused-ring (bicyclic) bond motifs is 1. The van der Waals surface area contributed by atoms with Gasteiger partial charge in [-0.15, -0.1) is 0 Å². The first kappa shape index (κ1) is 17.3. The molecule has 0 saturated carbocycles. The molecule has 0 spiro atoms. The van der Waals surface area contributed by atoms with Gasteiger partial charge >= 0.3 is 0 Å². The van der Waals surface area contributed by atoms with Crippen LogP contribution in [0.25, 0.3) is 5.70 Å². The van der Waals surface area contributed by atoms with Crippen LogP contribution in [-0.4, -0.2) is 16.4 Å². The van der Waals surface area contributed by atoms with Crippen molar-refractivity contribution in [3.8, 4) is 11.6 Å². The number of hydrogen-bond donors (Lipinski definition) is 1. The molecule has 2 aromatic carbocycles. The Morgan fingerprint density at radius 1 is 1.07 bits per heavy atom. The predicted molar refractivity (Wildman–Crippen MR) is 108 cm³/mol. The van der Waals surface area contributed by atoms with E-state index in [0.29, 0.717) is 11.6 Å². The van der Waals surface area contributed by atoms with E-state index in [1.54, 1.807) is 6.20 Å². The second-order valence-electron chi connectivity index (χ2n) is 6.85. The fourth-order valence-corrected chi connectivity index (χ4v) is 3.42. The Balaban J connectivity index is 1.53. The van der Waals surface area contributed by atoms with Gasteiger partial charge in [0.1, 0.15) is 5.75 Å². The van der Waals surface area contributed by atoms with Crippen LogP contribution >= 0.6 is 0 Å². The average Bonchev–Trinajstić information content (AvgIpc) is 2.70. The summed E-state index contributed by atoms with van der Waals surface area (Å²) < 4.78 is 6.10. The van der Waals surface area contributed by atoms with Gasteiger partial charge in [0.05, 0.1) is 0 Å². The maximum atomic E-state index is 6.10. The lowest BCUT2D eigenvalue weighted by Crippen LogP contribution is -2.30. The van der Waals surface area contributed by atoms with Gasteiger partial charge in [0, 0.05) is 48.7 Å². The molecule has 2 N–H and O–H groups in total. The molecule has 1 aliphatic heterocycles. The van der Waals surface area contributed by atoms with Gasteiger partial charge in [-0.05, 0) is 29.7 Å². The third-order valence-corrected chi connectivity index (χ3v) is 4.88. The van der Waals surface area contributed by atoms with Crippen LogP contribution < -0.4 is 10.5 Å². The van der Waals surface area contributed by atoms with Crippen molar-refractivity contribution in [1.82, 2.24) is 9.88 Å². The number of ether oxygens (including phenoxy) is 1. The summed E-state index contributed by atoms with van der Waals surface area (Å²) in [6.07, 6.45) is 2.72. The smallest absolute Gasteiger partial charge is 0.219 e. The Morgan fingerprint density at radius 3 is 2.67 bits per heavy atom. The fraction of sp³-hybridized carbons (Fsp3) is 0.174. The lowest BCUT2D eigenvalue weighted by molar-refractivity contribution is 0.241. The molecular formula is C23H23N3O. The van der Waals surface area contributed by atoms with E-state index in [9.17, 15) is 0 Å². The van der Waals surface area contributed by atoms with E-state index in [1.165, 1.54) is 16.7 Å². The first-order valence-corrected chi connectivity index (χ1v) is 9.15. The van der Waals surface area contributed by atoms with Crippen molar-refractivity contribution < 1.29 is 4.74 Å². The second kappa shape index (κ2) is 7.64. The van der Waals surface area contributed by atoms with Gasteiger partial charge in [-0.1, -0.05) is 49.0 Å². The van der Waals surface area contributed by atoms with E-state index in [0.717, 1.165) is 37.4 Å². The van der Waals surface area contributed by atoms with Crippen LogP contribution in [0.15, 0.2) is 73.4 Å². The number of rotatable bonds is 5. The van der Waals surface area contributed by atoms with Crippen LogP contribution in [-0.2, 0) is 19.5 Å². The van der Waals surface area contributed by atoms with E-state index in [2.05, 4.69) is 58.9 Å². The van der Waals surface area contributed by atoms with Crippen molar-refractivity contribution in [3.63, 3.8) is 0 Å². The molecule has 1 aromatic heterocycles. The SMILES string of the molecule is C=C(N)c1ccc(Oc2cccc3c2CN(Cc2ccccc2)CC3)nc1. The van der Waals surface area contributed by atoms with E-state index in [1.807, 2.05) is 18.2 Å². The quantitative estimate of drug-likeness (QED) is 0.737. The molecule has 0 bridgehead atoms. The average molecular weight is 357 g/mol. The van der Waals surface area contributed by atoms with Crippen molar-refractivity contribution >= 4 is 5.70 Å². The molecule has 3 aromatic rings. The van der Waals surface area contributed by atoms with Gasteiger partial charge < -0.3 is 10.5 Å². The van der Waals surface area contributed by atoms with Crippen LogP contribution in [0.1, 0.15) is 22.3 Å². The van der Waals surface area contributed by atoms with Crippen LogP contribution in [0.3, 0.4) is 0 Å². The number of nitrogens with zero attached hydrogens (tertiary/aromatic N) is 2. The molecule has 0 atom stereocenters. The number of pyridine rings is 1. The highest BCUT2D eigenvalue weighted by atomic mass is 16.5. The maximum Gasteiger partial charge on any atom is 0.219 e. The van der Waals surface area contributed by atoms with Crippen molar-refractivity contribution in [2.45, 2.75) is 19.5 Å². The third kappa shape index (κ3) is 4.01. The minimum atomic E-state index is 0.502. The highest BCUT2D eigenvalue weighted by Crippen LogP contribution is 2.31. The molecule has 4 heteroatoms. The highest BCUT2D eigenvalue weighted by molar-refractivity contribution is 5.59. The van der Waals surface area contributed by atoms with Crippen LogP contribution in [0.2, 0.25) is 0 Å². The van der Waals surface area contributed by atoms with Gasteiger partial charge in [0.15, 0.2) is 0 Å². The molecule has 0 unspecified atom stereocenters. The molecule has 27 heavy (non-hydrogen) atoms. The fourth-order valence-electron chi connectivity index (χ4n) is 3.42. The minimum absolute atomic E-state index is 0.502. The first-order chi connectivity index (χ1) is 13.2. The molecule has 0 fully saturated rings. The summed E-state index contributed by atoms with van der Waals surface area (Å²) in [6.45, 7) is 6.60. The molecule has 2 heterocycles. The van der Waals surface area contributed by atoms with Crippen molar-refractivity contribution in [2.75, 3.05) is 6.54 Å². The third-order valence-electron chi connectivity index (χ3n) is 4.88. The molecule has 4 nitrogen and oxygen atoms in total. The van der Waals surface area contributed by atoms with Crippen LogP contribution in [0.4, 0.5) is 0 Å². The van der Waals surface area contributed by atoms with Crippen LogP contribution in [0.5, 0.6) is 11.6 Å². The molecule has 0 aliphatic carbocycles. The van der Waals surface area contributed by atoms with Crippen molar-refractivity contribution in [3.05, 3.63) is 95.7 Å². The monoisotopic (exact) mass is 357 g/mol. The van der Waals surface area contributed by atoms with Crippen molar-refractivity contribution in [2.24, 2.45) is 5.73 Å². The molecule has 1 aliphatic rings. The lowest BCUT2D eigenvalue weighted by Gasteiger charge is -2.30. The summed E-state index contributed by atoms with van der Waals surface area (Å²) >= 11 is 0. The van der Waals surface area contributed by atoms with E-state index < -0.39 is 0 Å². The zero-order valence-electron chi connectivity index (χ0n) is 15.3. The number of aromatic nitrogens is 1. The molecule has 136 valence electrons. The predicted octanol–water partition coefficient (Wildman–Crippen LogP) is 4.36. The van der Waals surface area contributed by atoms with Gasteiger partial charge in [0.2, 0.25) is 5.88 Å². The number of nitrogens with two attached hydrogens (primary N) is 1. The standard InChI is InChI=1S/C23H23N3O/c1-17(24)20-10-11-23(25-14-20)27-22-9-5-8-19-12-13-26(16-21(19)22)15-18-6-3-2-4-7-18/h2-11,14H,1,12-13,15-16,24H2. The summed E-state index contributed by atoms with van der Waals surface area (Å²) in [6, 6.07) is 20.6. The Kier molecular flexibility index (Phi) is 4.90. The largest absolute Gasteiger partial charge is 0.439 e. The first-order valence-electron chi connectivity index (χ1n) is 9.15. The lowest BCUT2D eigenvalue weighted by atomic mass is 9.98.